The predicted molar refractivity (Wildman–Crippen MR) is 122 cm³/mol. The van der Waals surface area contributed by atoms with E-state index in [-0.39, 0.29) is 65.7 Å². The van der Waals surface area contributed by atoms with E-state index in [1.54, 1.807) is 12.1 Å². The van der Waals surface area contributed by atoms with Gasteiger partial charge < -0.3 is 29.0 Å². The SMILES string of the molecule is CCc1nc(-c2ccccc2)c(C)c(-c2ccc(F)cc2)c1COP(=O)([O-])C[C@H](O)CC(=O)[O-].[Na+].[Na+]. The number of hydrogen-bond acceptors (Lipinski definition) is 7. The van der Waals surface area contributed by atoms with Gasteiger partial charge in [0.1, 0.15) is 13.4 Å². The molecule has 7 nitrogen and oxygen atoms in total. The topological polar surface area (TPSA) is 123 Å². The average Bonchev–Trinajstić information content (AvgIpc) is 2.78. The molecular formula is C25H25FNNa2O6P. The molecular weight excluding hydrogens is 506 g/mol. The number of rotatable bonds is 10. The molecule has 0 bridgehead atoms. The maximum absolute atomic E-state index is 13.6. The molecule has 0 spiro atoms. The van der Waals surface area contributed by atoms with Crippen molar-refractivity contribution in [3.8, 4) is 22.4 Å². The summed E-state index contributed by atoms with van der Waals surface area (Å²) in [5, 5.41) is 20.3. The Kier molecular flexibility index (Phi) is 13.7. The Morgan fingerprint density at radius 3 is 2.28 bits per heavy atom. The maximum Gasteiger partial charge on any atom is 1.00 e. The first-order chi connectivity index (χ1) is 16.1. The second-order valence-corrected chi connectivity index (χ2v) is 9.75. The molecule has 36 heavy (non-hydrogen) atoms. The van der Waals surface area contributed by atoms with Crippen molar-refractivity contribution in [2.45, 2.75) is 39.4 Å². The van der Waals surface area contributed by atoms with Crippen molar-refractivity contribution in [1.82, 2.24) is 4.98 Å². The predicted octanol–water partition coefficient (Wildman–Crippen LogP) is -3.00. The number of aliphatic hydroxyl groups excluding tert-OH is 1. The van der Waals surface area contributed by atoms with E-state index in [0.29, 0.717) is 28.8 Å². The second-order valence-electron chi connectivity index (χ2n) is 7.91. The number of carboxylic acids is 1. The number of aryl methyl sites for hydroxylation is 1. The van der Waals surface area contributed by atoms with E-state index in [1.807, 2.05) is 44.2 Å². The van der Waals surface area contributed by atoms with E-state index in [0.717, 1.165) is 16.8 Å². The zero-order valence-electron chi connectivity index (χ0n) is 20.9. The van der Waals surface area contributed by atoms with Crippen molar-refractivity contribution in [3.63, 3.8) is 0 Å². The number of aromatic nitrogens is 1. The number of nitrogens with zero attached hydrogens (tertiary/aromatic N) is 1. The Balaban J connectivity index is 0.00000324. The number of benzene rings is 2. The van der Waals surface area contributed by atoms with Crippen molar-refractivity contribution < 1.29 is 92.5 Å². The molecule has 1 unspecified atom stereocenters. The molecule has 3 rings (SSSR count). The molecule has 0 radical (unpaired) electrons. The largest absolute Gasteiger partial charge is 1.00 e. The fourth-order valence-electron chi connectivity index (χ4n) is 3.84. The van der Waals surface area contributed by atoms with Crippen molar-refractivity contribution in [1.29, 1.82) is 0 Å². The number of carbonyl (C=O) groups excluding carboxylic acids is 1. The van der Waals surface area contributed by atoms with Crippen molar-refractivity contribution in [3.05, 3.63) is 77.2 Å². The number of aliphatic carboxylic acids is 1. The van der Waals surface area contributed by atoms with Gasteiger partial charge in [-0.1, -0.05) is 49.4 Å². The molecule has 0 saturated carbocycles. The van der Waals surface area contributed by atoms with E-state index in [1.165, 1.54) is 12.1 Å². The summed E-state index contributed by atoms with van der Waals surface area (Å²) in [5.41, 5.74) is 4.85. The van der Waals surface area contributed by atoms with Crippen LogP contribution in [0.15, 0.2) is 54.6 Å². The fraction of sp³-hybridized carbons (Fsp3) is 0.280. The van der Waals surface area contributed by atoms with Gasteiger partial charge in [-0.15, -0.1) is 0 Å². The molecule has 2 aromatic carbocycles. The quantitative estimate of drug-likeness (QED) is 0.219. The van der Waals surface area contributed by atoms with Crippen LogP contribution in [0.1, 0.15) is 30.2 Å². The van der Waals surface area contributed by atoms with Crippen molar-refractivity contribution in [2.75, 3.05) is 6.16 Å². The third-order valence-electron chi connectivity index (χ3n) is 5.38. The molecule has 0 saturated heterocycles. The minimum absolute atomic E-state index is 0. The van der Waals surface area contributed by atoms with E-state index in [2.05, 4.69) is 0 Å². The summed E-state index contributed by atoms with van der Waals surface area (Å²) in [4.78, 5) is 27.8. The first-order valence-electron chi connectivity index (χ1n) is 10.8. The molecule has 0 fully saturated rings. The normalized spacial score (nSPS) is 13.1. The minimum Gasteiger partial charge on any atom is -0.778 e. The molecule has 0 aliphatic rings. The molecule has 0 amide bonds. The van der Waals surface area contributed by atoms with Gasteiger partial charge in [-0.3, -0.25) is 4.98 Å². The third-order valence-corrected chi connectivity index (χ3v) is 6.78. The zero-order chi connectivity index (χ0) is 24.9. The van der Waals surface area contributed by atoms with Crippen LogP contribution in [-0.2, 0) is 26.9 Å². The van der Waals surface area contributed by atoms with Gasteiger partial charge in [-0.25, -0.2) is 4.39 Å². The van der Waals surface area contributed by atoms with E-state index >= 15 is 0 Å². The average molecular weight is 531 g/mol. The van der Waals surface area contributed by atoms with E-state index in [4.69, 9.17) is 9.51 Å². The van der Waals surface area contributed by atoms with Gasteiger partial charge in [0.2, 0.25) is 0 Å². The molecule has 180 valence electrons. The summed E-state index contributed by atoms with van der Waals surface area (Å²) >= 11 is 0. The Morgan fingerprint density at radius 2 is 1.72 bits per heavy atom. The second kappa shape index (κ2) is 14.9. The number of hydrogen-bond donors (Lipinski definition) is 1. The van der Waals surface area contributed by atoms with Crippen LogP contribution in [0, 0.1) is 12.7 Å². The molecule has 0 aliphatic carbocycles. The Morgan fingerprint density at radius 1 is 1.11 bits per heavy atom. The van der Waals surface area contributed by atoms with Crippen molar-refractivity contribution >= 4 is 13.6 Å². The number of pyridine rings is 1. The standard InChI is InChI=1S/C25H27FNO6P.2Na/c1-3-22-21(14-33-34(31,32)15-20(28)13-23(29)30)24(17-9-11-19(26)12-10-17)16(2)25(27-22)18-7-5-4-6-8-18;;/h4-12,20,28H,3,13-15H2,1-2H3,(H,29,30)(H,31,32);;/q;2*+1/p-2/t20-;;/m1../s1. The summed E-state index contributed by atoms with van der Waals surface area (Å²) in [6, 6.07) is 15.4. The summed E-state index contributed by atoms with van der Waals surface area (Å²) in [6.45, 7) is 3.37. The fourth-order valence-corrected chi connectivity index (χ4v) is 4.91. The molecule has 1 heterocycles. The number of aliphatic hydroxyl groups is 1. The Hall–Kier alpha value is -0.900. The van der Waals surface area contributed by atoms with Gasteiger partial charge in [0, 0.05) is 35.4 Å². The maximum atomic E-state index is 13.6. The number of carboxylic acid groups (broad SMARTS) is 1. The van der Waals surface area contributed by atoms with Gasteiger partial charge in [0.15, 0.2) is 0 Å². The summed E-state index contributed by atoms with van der Waals surface area (Å²) < 4.78 is 31.3. The van der Waals surface area contributed by atoms with Crippen LogP contribution >= 0.6 is 7.60 Å². The first-order valence-corrected chi connectivity index (χ1v) is 12.5. The van der Waals surface area contributed by atoms with Crippen molar-refractivity contribution in [2.24, 2.45) is 0 Å². The van der Waals surface area contributed by atoms with Crippen LogP contribution in [-0.4, -0.2) is 28.3 Å². The molecule has 1 aromatic heterocycles. The summed E-state index contributed by atoms with van der Waals surface area (Å²) in [7, 11) is -4.58. The molecule has 2 atom stereocenters. The van der Waals surface area contributed by atoms with Gasteiger partial charge in [-0.2, -0.15) is 0 Å². The summed E-state index contributed by atoms with van der Waals surface area (Å²) in [5.74, 6) is -1.96. The molecule has 0 aliphatic heterocycles. The van der Waals surface area contributed by atoms with E-state index in [9.17, 15) is 28.9 Å². The van der Waals surface area contributed by atoms with Crippen LogP contribution in [0.2, 0.25) is 0 Å². The van der Waals surface area contributed by atoms with Gasteiger partial charge in [0.05, 0.1) is 18.4 Å². The van der Waals surface area contributed by atoms with Crippen LogP contribution < -0.4 is 69.1 Å². The Bertz CT molecular complexity index is 1210. The Labute approximate surface area is 254 Å². The molecule has 1 N–H and O–H groups in total. The van der Waals surface area contributed by atoms with Gasteiger partial charge in [-0.05, 0) is 42.2 Å². The van der Waals surface area contributed by atoms with Gasteiger partial charge >= 0.3 is 59.1 Å². The van der Waals surface area contributed by atoms with Crippen LogP contribution in [0.25, 0.3) is 22.4 Å². The van der Waals surface area contributed by atoms with Crippen LogP contribution in [0.5, 0.6) is 0 Å². The minimum atomic E-state index is -4.58. The van der Waals surface area contributed by atoms with Crippen LogP contribution in [0.3, 0.4) is 0 Å². The summed E-state index contributed by atoms with van der Waals surface area (Å²) in [6.07, 6.45) is -2.84. The molecule has 11 heteroatoms. The zero-order valence-corrected chi connectivity index (χ0v) is 25.8. The van der Waals surface area contributed by atoms with Gasteiger partial charge in [0.25, 0.3) is 0 Å². The van der Waals surface area contributed by atoms with Crippen LogP contribution in [0.4, 0.5) is 4.39 Å². The number of carbonyl (C=O) groups is 1. The number of halogens is 1. The third kappa shape index (κ3) is 8.84. The first kappa shape index (κ1) is 33.1. The monoisotopic (exact) mass is 531 g/mol. The molecule has 3 aromatic rings. The van der Waals surface area contributed by atoms with E-state index < -0.39 is 38.1 Å². The smallest absolute Gasteiger partial charge is 0.778 e.